The van der Waals surface area contributed by atoms with E-state index in [1.807, 2.05) is 12.1 Å². The second-order valence-electron chi connectivity index (χ2n) is 3.68. The van der Waals surface area contributed by atoms with E-state index in [9.17, 15) is 4.79 Å². The summed E-state index contributed by atoms with van der Waals surface area (Å²) < 4.78 is 1.09. The van der Waals surface area contributed by atoms with Crippen LogP contribution in [0.4, 0.5) is 11.4 Å². The van der Waals surface area contributed by atoms with E-state index in [4.69, 9.17) is 11.5 Å². The molecule has 0 saturated carbocycles. The van der Waals surface area contributed by atoms with E-state index in [2.05, 4.69) is 22.6 Å². The molecule has 4 N–H and O–H groups in total. The van der Waals surface area contributed by atoms with Crippen LogP contribution >= 0.6 is 22.6 Å². The van der Waals surface area contributed by atoms with Gasteiger partial charge < -0.3 is 11.5 Å². The fourth-order valence-electron chi connectivity index (χ4n) is 1.54. The average Bonchev–Trinajstić information content (AvgIpc) is 2.29. The third-order valence-corrected chi connectivity index (χ3v) is 3.15. The van der Waals surface area contributed by atoms with E-state index in [0.717, 1.165) is 3.57 Å². The Balaban J connectivity index is 2.40. The summed E-state index contributed by atoms with van der Waals surface area (Å²) in [6.07, 6.45) is 0. The largest absolute Gasteiger partial charge is 0.399 e. The number of anilines is 2. The zero-order valence-corrected chi connectivity index (χ0v) is 11.1. The summed E-state index contributed by atoms with van der Waals surface area (Å²) >= 11 is 2.19. The highest BCUT2D eigenvalue weighted by Crippen LogP contribution is 2.20. The first-order chi connectivity index (χ1) is 8.08. The molecule has 0 heterocycles. The quantitative estimate of drug-likeness (QED) is 0.503. The number of hydrogen-bond acceptors (Lipinski definition) is 3. The fourth-order valence-corrected chi connectivity index (χ4v) is 1.90. The predicted octanol–water partition coefficient (Wildman–Crippen LogP) is 2.69. The maximum absolute atomic E-state index is 12.2. The molecule has 4 heteroatoms. The Morgan fingerprint density at radius 1 is 1.00 bits per heavy atom. The van der Waals surface area contributed by atoms with Gasteiger partial charge in [0.15, 0.2) is 5.78 Å². The Morgan fingerprint density at radius 3 is 2.24 bits per heavy atom. The van der Waals surface area contributed by atoms with Crippen LogP contribution in [-0.2, 0) is 0 Å². The van der Waals surface area contributed by atoms with Gasteiger partial charge in [-0.3, -0.25) is 4.79 Å². The normalized spacial score (nSPS) is 10.2. The smallest absolute Gasteiger partial charge is 0.195 e. The molecule has 86 valence electrons. The van der Waals surface area contributed by atoms with Crippen LogP contribution in [0.2, 0.25) is 0 Å². The Labute approximate surface area is 113 Å². The molecule has 0 amide bonds. The molecule has 0 fully saturated rings. The molecule has 2 aromatic rings. The molecule has 0 saturated heterocycles. The molecule has 0 aromatic heterocycles. The van der Waals surface area contributed by atoms with Crippen LogP contribution in [-0.4, -0.2) is 5.78 Å². The highest BCUT2D eigenvalue weighted by Gasteiger charge is 2.11. The summed E-state index contributed by atoms with van der Waals surface area (Å²) in [4.78, 5) is 12.2. The highest BCUT2D eigenvalue weighted by molar-refractivity contribution is 14.1. The van der Waals surface area contributed by atoms with Crippen LogP contribution in [0.1, 0.15) is 15.9 Å². The molecule has 0 aliphatic heterocycles. The number of nitrogen functional groups attached to an aromatic ring is 2. The van der Waals surface area contributed by atoms with Crippen LogP contribution in [0.5, 0.6) is 0 Å². The summed E-state index contributed by atoms with van der Waals surface area (Å²) in [7, 11) is 0. The number of benzene rings is 2. The van der Waals surface area contributed by atoms with E-state index in [1.54, 1.807) is 30.3 Å². The minimum Gasteiger partial charge on any atom is -0.399 e. The van der Waals surface area contributed by atoms with Crippen LogP contribution in [0, 0.1) is 3.57 Å². The van der Waals surface area contributed by atoms with E-state index in [1.165, 1.54) is 0 Å². The van der Waals surface area contributed by atoms with Gasteiger partial charge in [0.1, 0.15) is 0 Å². The van der Waals surface area contributed by atoms with Crippen molar-refractivity contribution in [1.82, 2.24) is 0 Å². The van der Waals surface area contributed by atoms with Crippen LogP contribution < -0.4 is 11.5 Å². The lowest BCUT2D eigenvalue weighted by Gasteiger charge is -2.05. The number of rotatable bonds is 2. The summed E-state index contributed by atoms with van der Waals surface area (Å²) in [5, 5.41) is 0. The number of carbonyl (C=O) groups is 1. The third-order valence-electron chi connectivity index (χ3n) is 2.43. The predicted molar refractivity (Wildman–Crippen MR) is 77.9 cm³/mol. The molecule has 0 aliphatic rings. The van der Waals surface area contributed by atoms with Crippen molar-refractivity contribution < 1.29 is 4.79 Å². The molecule has 0 aliphatic carbocycles. The first-order valence-electron chi connectivity index (χ1n) is 5.03. The Bertz CT molecular complexity index is 564. The van der Waals surface area contributed by atoms with E-state index in [0.29, 0.717) is 22.5 Å². The van der Waals surface area contributed by atoms with Crippen LogP contribution in [0.3, 0.4) is 0 Å². The highest BCUT2D eigenvalue weighted by atomic mass is 127. The number of nitrogens with two attached hydrogens (primary N) is 2. The van der Waals surface area contributed by atoms with Crippen molar-refractivity contribution in [2.75, 3.05) is 11.5 Å². The molecule has 17 heavy (non-hydrogen) atoms. The number of ketones is 1. The molecular weight excluding hydrogens is 327 g/mol. The molecule has 0 bridgehead atoms. The van der Waals surface area contributed by atoms with Crippen molar-refractivity contribution in [2.45, 2.75) is 0 Å². The summed E-state index contributed by atoms with van der Waals surface area (Å²) in [6.45, 7) is 0. The van der Waals surface area contributed by atoms with Crippen molar-refractivity contribution in [1.29, 1.82) is 0 Å². The first kappa shape index (κ1) is 11.9. The summed E-state index contributed by atoms with van der Waals surface area (Å²) in [5.74, 6) is -0.0844. The van der Waals surface area contributed by atoms with Crippen molar-refractivity contribution in [2.24, 2.45) is 0 Å². The van der Waals surface area contributed by atoms with Gasteiger partial charge in [-0.2, -0.15) is 0 Å². The summed E-state index contributed by atoms with van der Waals surface area (Å²) in [6, 6.07) is 12.3. The van der Waals surface area contributed by atoms with Crippen molar-refractivity contribution >= 4 is 39.7 Å². The zero-order chi connectivity index (χ0) is 12.4. The first-order valence-corrected chi connectivity index (χ1v) is 6.11. The van der Waals surface area contributed by atoms with Crippen LogP contribution in [0.25, 0.3) is 0 Å². The SMILES string of the molecule is Nc1ccc(C(=O)c2ccc(I)cc2)c(N)c1. The Kier molecular flexibility index (Phi) is 3.33. The van der Waals surface area contributed by atoms with E-state index in [-0.39, 0.29) is 5.78 Å². The van der Waals surface area contributed by atoms with Gasteiger partial charge in [-0.25, -0.2) is 0 Å². The van der Waals surface area contributed by atoms with Gasteiger partial charge in [0.2, 0.25) is 0 Å². The van der Waals surface area contributed by atoms with Crippen molar-refractivity contribution in [3.8, 4) is 0 Å². The fraction of sp³-hybridized carbons (Fsp3) is 0. The molecule has 0 unspecified atom stereocenters. The topological polar surface area (TPSA) is 69.1 Å². The van der Waals surface area contributed by atoms with Gasteiger partial charge in [-0.05, 0) is 65.1 Å². The van der Waals surface area contributed by atoms with E-state index < -0.39 is 0 Å². The van der Waals surface area contributed by atoms with Gasteiger partial charge in [0.25, 0.3) is 0 Å². The maximum atomic E-state index is 12.2. The Hall–Kier alpha value is -1.56. The van der Waals surface area contributed by atoms with Gasteiger partial charge in [0.05, 0.1) is 0 Å². The molecule has 0 radical (unpaired) electrons. The van der Waals surface area contributed by atoms with Gasteiger partial charge in [-0.1, -0.05) is 0 Å². The molecule has 2 rings (SSSR count). The van der Waals surface area contributed by atoms with Gasteiger partial charge in [-0.15, -0.1) is 0 Å². The molecular formula is C13H11IN2O. The number of halogens is 1. The minimum absolute atomic E-state index is 0.0844. The van der Waals surface area contributed by atoms with Gasteiger partial charge in [0, 0.05) is 26.1 Å². The van der Waals surface area contributed by atoms with Crippen molar-refractivity contribution in [3.05, 3.63) is 57.2 Å². The lowest BCUT2D eigenvalue weighted by Crippen LogP contribution is -2.05. The van der Waals surface area contributed by atoms with Crippen LogP contribution in [0.15, 0.2) is 42.5 Å². The monoisotopic (exact) mass is 338 g/mol. The maximum Gasteiger partial charge on any atom is 0.195 e. The van der Waals surface area contributed by atoms with E-state index >= 15 is 0 Å². The summed E-state index contributed by atoms with van der Waals surface area (Å²) in [5.41, 5.74) is 13.5. The lowest BCUT2D eigenvalue weighted by molar-refractivity contribution is 0.103. The second-order valence-corrected chi connectivity index (χ2v) is 4.93. The standard InChI is InChI=1S/C13H11IN2O/c14-9-3-1-8(2-4-9)13(17)11-6-5-10(15)7-12(11)16/h1-7H,15-16H2. The minimum atomic E-state index is -0.0844. The van der Waals surface area contributed by atoms with Crippen molar-refractivity contribution in [3.63, 3.8) is 0 Å². The molecule has 0 atom stereocenters. The number of carbonyl (C=O) groups excluding carboxylic acids is 1. The molecule has 0 spiro atoms. The zero-order valence-electron chi connectivity index (χ0n) is 8.98. The number of hydrogen-bond donors (Lipinski definition) is 2. The Morgan fingerprint density at radius 2 is 1.65 bits per heavy atom. The average molecular weight is 338 g/mol. The van der Waals surface area contributed by atoms with Gasteiger partial charge >= 0.3 is 0 Å². The second kappa shape index (κ2) is 4.75. The molecule has 3 nitrogen and oxygen atoms in total. The lowest BCUT2D eigenvalue weighted by atomic mass is 10.0. The third kappa shape index (κ3) is 2.58. The molecule has 2 aromatic carbocycles.